The molecule has 23 heavy (non-hydrogen) atoms. The number of ether oxygens (including phenoxy) is 1. The second kappa shape index (κ2) is 7.34. The third kappa shape index (κ3) is 3.86. The normalized spacial score (nSPS) is 19.1. The maximum Gasteiger partial charge on any atom is 0.209 e. The Labute approximate surface area is 141 Å². The van der Waals surface area contributed by atoms with Gasteiger partial charge < -0.3 is 9.84 Å². The van der Waals surface area contributed by atoms with Crippen LogP contribution in [0, 0.1) is 0 Å². The predicted octanol–water partition coefficient (Wildman–Crippen LogP) is 2.88. The molecule has 0 amide bonds. The van der Waals surface area contributed by atoms with Crippen molar-refractivity contribution >= 4 is 11.6 Å². The zero-order valence-corrected chi connectivity index (χ0v) is 14.0. The average molecular weight is 336 g/mol. The van der Waals surface area contributed by atoms with Gasteiger partial charge in [-0.3, -0.25) is 4.90 Å². The Bertz CT molecular complexity index is 659. The highest BCUT2D eigenvalue weighted by atomic mass is 35.5. The third-order valence-electron chi connectivity index (χ3n) is 4.20. The topological polar surface area (TPSA) is 50.5 Å². The number of halogens is 1. The number of aryl methyl sites for hydroxylation is 1. The first-order valence-corrected chi connectivity index (χ1v) is 8.39. The van der Waals surface area contributed by atoms with Crippen LogP contribution in [0.5, 0.6) is 5.88 Å². The number of aromatic hydroxyl groups is 1. The Balaban J connectivity index is 1.60. The van der Waals surface area contributed by atoms with Crippen molar-refractivity contribution < 1.29 is 9.84 Å². The largest absolute Gasteiger partial charge is 0.493 e. The lowest BCUT2D eigenvalue weighted by atomic mass is 10.1. The molecule has 0 spiro atoms. The van der Waals surface area contributed by atoms with Crippen molar-refractivity contribution in [3.63, 3.8) is 0 Å². The van der Waals surface area contributed by atoms with E-state index in [1.54, 1.807) is 10.7 Å². The molecule has 1 aliphatic rings. The van der Waals surface area contributed by atoms with E-state index in [0.717, 1.165) is 42.3 Å². The van der Waals surface area contributed by atoms with Crippen molar-refractivity contribution in [1.29, 1.82) is 0 Å². The van der Waals surface area contributed by atoms with Gasteiger partial charge >= 0.3 is 0 Å². The highest BCUT2D eigenvalue weighted by Gasteiger charge is 2.23. The summed E-state index contributed by atoms with van der Waals surface area (Å²) < 4.78 is 7.54. The molecule has 1 saturated heterocycles. The van der Waals surface area contributed by atoms with E-state index in [-0.39, 0.29) is 12.0 Å². The summed E-state index contributed by atoms with van der Waals surface area (Å²) in [5, 5.41) is 15.0. The summed E-state index contributed by atoms with van der Waals surface area (Å²) in [6.07, 6.45) is 0.821. The maximum absolute atomic E-state index is 9.90. The molecule has 2 aromatic rings. The first-order valence-electron chi connectivity index (χ1n) is 8.01. The molecular weight excluding hydrogens is 314 g/mol. The summed E-state index contributed by atoms with van der Waals surface area (Å²) in [7, 11) is 0. The Kier molecular flexibility index (Phi) is 5.20. The Morgan fingerprint density at radius 2 is 2.17 bits per heavy atom. The van der Waals surface area contributed by atoms with Crippen LogP contribution in [0.4, 0.5) is 0 Å². The monoisotopic (exact) mass is 335 g/mol. The number of aromatic nitrogens is 2. The van der Waals surface area contributed by atoms with E-state index in [0.29, 0.717) is 13.2 Å². The molecule has 1 atom stereocenters. The van der Waals surface area contributed by atoms with Gasteiger partial charge in [-0.15, -0.1) is 0 Å². The summed E-state index contributed by atoms with van der Waals surface area (Å²) in [5.74, 6) is 0.234. The number of benzene rings is 1. The van der Waals surface area contributed by atoms with Crippen LogP contribution in [0.15, 0.2) is 30.3 Å². The SMILES string of the molecule is CCc1cc(O)n(CCN2CCOC(c3ccccc3Cl)C2)n1. The van der Waals surface area contributed by atoms with Gasteiger partial charge in [-0.25, -0.2) is 4.68 Å². The Morgan fingerprint density at radius 1 is 1.35 bits per heavy atom. The fraction of sp³-hybridized carbons (Fsp3) is 0.471. The van der Waals surface area contributed by atoms with Crippen LogP contribution in [0.2, 0.25) is 5.02 Å². The molecule has 1 aromatic heterocycles. The smallest absolute Gasteiger partial charge is 0.209 e. The second-order valence-electron chi connectivity index (χ2n) is 5.75. The highest BCUT2D eigenvalue weighted by molar-refractivity contribution is 6.31. The summed E-state index contributed by atoms with van der Waals surface area (Å²) in [4.78, 5) is 2.32. The van der Waals surface area contributed by atoms with Gasteiger partial charge in [-0.05, 0) is 12.5 Å². The van der Waals surface area contributed by atoms with E-state index < -0.39 is 0 Å². The van der Waals surface area contributed by atoms with Gasteiger partial charge in [0.25, 0.3) is 0 Å². The van der Waals surface area contributed by atoms with Crippen molar-refractivity contribution in [2.24, 2.45) is 0 Å². The van der Waals surface area contributed by atoms with E-state index in [2.05, 4.69) is 10.00 Å². The molecule has 5 nitrogen and oxygen atoms in total. The Morgan fingerprint density at radius 3 is 2.91 bits per heavy atom. The number of morpholine rings is 1. The lowest BCUT2D eigenvalue weighted by molar-refractivity contribution is -0.0311. The minimum atomic E-state index is -0.00475. The van der Waals surface area contributed by atoms with Gasteiger partial charge in [0, 0.05) is 36.3 Å². The molecular formula is C17H22ClN3O2. The molecule has 6 heteroatoms. The minimum absolute atomic E-state index is 0.00475. The van der Waals surface area contributed by atoms with E-state index in [1.165, 1.54) is 0 Å². The molecule has 124 valence electrons. The molecule has 3 rings (SSSR count). The first-order chi connectivity index (χ1) is 11.2. The molecule has 1 N–H and O–H groups in total. The molecule has 2 heterocycles. The zero-order chi connectivity index (χ0) is 16.2. The van der Waals surface area contributed by atoms with Crippen molar-refractivity contribution in [2.45, 2.75) is 26.0 Å². The minimum Gasteiger partial charge on any atom is -0.493 e. The van der Waals surface area contributed by atoms with E-state index in [4.69, 9.17) is 16.3 Å². The van der Waals surface area contributed by atoms with Crippen LogP contribution in [-0.2, 0) is 17.7 Å². The van der Waals surface area contributed by atoms with Crippen molar-refractivity contribution in [2.75, 3.05) is 26.2 Å². The van der Waals surface area contributed by atoms with Crippen molar-refractivity contribution in [1.82, 2.24) is 14.7 Å². The van der Waals surface area contributed by atoms with Gasteiger partial charge in [0.15, 0.2) is 0 Å². The van der Waals surface area contributed by atoms with E-state index in [9.17, 15) is 5.11 Å². The van der Waals surface area contributed by atoms with Crippen LogP contribution in [0.25, 0.3) is 0 Å². The lowest BCUT2D eigenvalue weighted by Crippen LogP contribution is -2.40. The van der Waals surface area contributed by atoms with E-state index >= 15 is 0 Å². The van der Waals surface area contributed by atoms with Crippen molar-refractivity contribution in [3.05, 3.63) is 46.6 Å². The lowest BCUT2D eigenvalue weighted by Gasteiger charge is -2.33. The standard InChI is InChI=1S/C17H22ClN3O2/c1-2-13-11-17(22)21(19-13)8-7-20-9-10-23-16(12-20)14-5-3-4-6-15(14)18/h3-6,11,16,22H,2,7-10,12H2,1H3. The highest BCUT2D eigenvalue weighted by Crippen LogP contribution is 2.28. The fourth-order valence-corrected chi connectivity index (χ4v) is 3.12. The molecule has 0 bridgehead atoms. The van der Waals surface area contributed by atoms with Crippen LogP contribution in [0.1, 0.15) is 24.3 Å². The molecule has 0 aliphatic carbocycles. The fourth-order valence-electron chi connectivity index (χ4n) is 2.86. The van der Waals surface area contributed by atoms with Crippen LogP contribution in [0.3, 0.4) is 0 Å². The summed E-state index contributed by atoms with van der Waals surface area (Å²) >= 11 is 6.27. The molecule has 1 unspecified atom stereocenters. The van der Waals surface area contributed by atoms with Crippen molar-refractivity contribution in [3.8, 4) is 5.88 Å². The molecule has 0 saturated carbocycles. The average Bonchev–Trinajstić information content (AvgIpc) is 2.94. The maximum atomic E-state index is 9.90. The van der Waals surface area contributed by atoms with Gasteiger partial charge in [0.2, 0.25) is 5.88 Å². The third-order valence-corrected chi connectivity index (χ3v) is 4.55. The first kappa shape index (κ1) is 16.3. The predicted molar refractivity (Wildman–Crippen MR) is 89.9 cm³/mol. The van der Waals surface area contributed by atoms with Crippen LogP contribution >= 0.6 is 11.6 Å². The number of rotatable bonds is 5. The Hall–Kier alpha value is -1.56. The quantitative estimate of drug-likeness (QED) is 0.912. The second-order valence-corrected chi connectivity index (χ2v) is 6.16. The van der Waals surface area contributed by atoms with Gasteiger partial charge in [-0.1, -0.05) is 36.7 Å². The summed E-state index contributed by atoms with van der Waals surface area (Å²) in [5.41, 5.74) is 1.95. The summed E-state index contributed by atoms with van der Waals surface area (Å²) in [6.45, 7) is 5.88. The van der Waals surface area contributed by atoms with Gasteiger partial charge in [0.1, 0.15) is 0 Å². The van der Waals surface area contributed by atoms with Crippen LogP contribution < -0.4 is 0 Å². The molecule has 1 aromatic carbocycles. The van der Waals surface area contributed by atoms with Crippen LogP contribution in [-0.4, -0.2) is 46.0 Å². The number of hydrogen-bond acceptors (Lipinski definition) is 4. The van der Waals surface area contributed by atoms with Gasteiger partial charge in [0.05, 0.1) is 24.9 Å². The number of nitrogens with zero attached hydrogens (tertiary/aromatic N) is 3. The van der Waals surface area contributed by atoms with Gasteiger partial charge in [-0.2, -0.15) is 5.10 Å². The zero-order valence-electron chi connectivity index (χ0n) is 13.3. The molecule has 0 radical (unpaired) electrons. The summed E-state index contributed by atoms with van der Waals surface area (Å²) in [6, 6.07) is 9.55. The number of hydrogen-bond donors (Lipinski definition) is 1. The molecule has 1 aliphatic heterocycles. The molecule has 1 fully saturated rings. The van der Waals surface area contributed by atoms with E-state index in [1.807, 2.05) is 31.2 Å².